The van der Waals surface area contributed by atoms with E-state index in [9.17, 15) is 5.11 Å². The van der Waals surface area contributed by atoms with E-state index in [4.69, 9.17) is 11.6 Å². The summed E-state index contributed by atoms with van der Waals surface area (Å²) >= 11 is 5.95. The predicted octanol–water partition coefficient (Wildman–Crippen LogP) is 2.67. The SMILES string of the molecule is CN(C)C[C@@H]1CCCC[C@]1(O)c1cccc(Cl)n1. The van der Waals surface area contributed by atoms with E-state index in [0.717, 1.165) is 31.5 Å². The fraction of sp³-hybridized carbons (Fsp3) is 0.643. The van der Waals surface area contributed by atoms with Crippen LogP contribution in [0.25, 0.3) is 0 Å². The van der Waals surface area contributed by atoms with Gasteiger partial charge >= 0.3 is 0 Å². The molecular weight excluding hydrogens is 248 g/mol. The van der Waals surface area contributed by atoms with Gasteiger partial charge < -0.3 is 10.0 Å². The third kappa shape index (κ3) is 2.85. The molecule has 0 aromatic carbocycles. The molecular formula is C14H21ClN2O. The zero-order valence-electron chi connectivity index (χ0n) is 11.1. The van der Waals surface area contributed by atoms with Crippen molar-refractivity contribution in [2.75, 3.05) is 20.6 Å². The van der Waals surface area contributed by atoms with E-state index in [0.29, 0.717) is 5.15 Å². The first-order valence-corrected chi connectivity index (χ1v) is 6.90. The average molecular weight is 269 g/mol. The summed E-state index contributed by atoms with van der Waals surface area (Å²) in [5.41, 5.74) is -0.102. The van der Waals surface area contributed by atoms with E-state index in [-0.39, 0.29) is 5.92 Å². The van der Waals surface area contributed by atoms with E-state index in [1.807, 2.05) is 26.2 Å². The van der Waals surface area contributed by atoms with Crippen LogP contribution < -0.4 is 0 Å². The Morgan fingerprint density at radius 1 is 1.44 bits per heavy atom. The van der Waals surface area contributed by atoms with Gasteiger partial charge in [0, 0.05) is 12.5 Å². The molecule has 0 saturated heterocycles. The Hall–Kier alpha value is -0.640. The van der Waals surface area contributed by atoms with Crippen molar-refractivity contribution in [3.8, 4) is 0 Å². The van der Waals surface area contributed by atoms with Gasteiger partial charge in [0.1, 0.15) is 10.8 Å². The van der Waals surface area contributed by atoms with Crippen LogP contribution in [0.4, 0.5) is 0 Å². The van der Waals surface area contributed by atoms with Crippen LogP contribution >= 0.6 is 11.6 Å². The standard InChI is InChI=1S/C14H21ClN2O/c1-17(2)10-11-6-3-4-9-14(11,18)12-7-5-8-13(15)16-12/h5,7-8,11,18H,3-4,6,9-10H2,1-2H3/t11-,14+/m0/s1. The molecule has 0 unspecified atom stereocenters. The number of nitrogens with zero attached hydrogens (tertiary/aromatic N) is 2. The first-order valence-electron chi connectivity index (χ1n) is 6.52. The molecule has 4 heteroatoms. The van der Waals surface area contributed by atoms with Crippen molar-refractivity contribution in [3.05, 3.63) is 29.0 Å². The molecule has 1 aliphatic rings. The summed E-state index contributed by atoms with van der Waals surface area (Å²) in [4.78, 5) is 6.45. The molecule has 1 fully saturated rings. The average Bonchev–Trinajstić information content (AvgIpc) is 2.32. The Kier molecular flexibility index (Phi) is 4.25. The molecule has 1 heterocycles. The van der Waals surface area contributed by atoms with Crippen LogP contribution in [0.3, 0.4) is 0 Å². The van der Waals surface area contributed by atoms with Crippen LogP contribution in [-0.2, 0) is 5.60 Å². The van der Waals surface area contributed by atoms with Crippen molar-refractivity contribution < 1.29 is 5.11 Å². The van der Waals surface area contributed by atoms with Crippen molar-refractivity contribution in [1.29, 1.82) is 0 Å². The molecule has 0 radical (unpaired) electrons. The summed E-state index contributed by atoms with van der Waals surface area (Å²) in [6.07, 6.45) is 4.05. The van der Waals surface area contributed by atoms with Crippen molar-refractivity contribution in [2.24, 2.45) is 5.92 Å². The maximum Gasteiger partial charge on any atom is 0.129 e. The second-order valence-electron chi connectivity index (χ2n) is 5.47. The third-order valence-electron chi connectivity index (χ3n) is 3.78. The second kappa shape index (κ2) is 5.55. The summed E-state index contributed by atoms with van der Waals surface area (Å²) in [5.74, 6) is 0.229. The third-order valence-corrected chi connectivity index (χ3v) is 3.99. The topological polar surface area (TPSA) is 36.4 Å². The van der Waals surface area contributed by atoms with Crippen LogP contribution in [-0.4, -0.2) is 35.6 Å². The van der Waals surface area contributed by atoms with Crippen molar-refractivity contribution in [1.82, 2.24) is 9.88 Å². The Bertz CT molecular complexity index is 411. The highest BCUT2D eigenvalue weighted by atomic mass is 35.5. The highest BCUT2D eigenvalue weighted by Crippen LogP contribution is 2.41. The molecule has 18 heavy (non-hydrogen) atoms. The van der Waals surface area contributed by atoms with Crippen molar-refractivity contribution in [2.45, 2.75) is 31.3 Å². The van der Waals surface area contributed by atoms with Gasteiger partial charge in [-0.25, -0.2) is 4.98 Å². The van der Waals surface area contributed by atoms with Gasteiger partial charge in [0.05, 0.1) is 5.69 Å². The molecule has 1 aliphatic carbocycles. The minimum absolute atomic E-state index is 0.229. The van der Waals surface area contributed by atoms with E-state index in [1.54, 1.807) is 6.07 Å². The zero-order chi connectivity index (χ0) is 13.2. The molecule has 1 saturated carbocycles. The van der Waals surface area contributed by atoms with Crippen LogP contribution in [0.5, 0.6) is 0 Å². The zero-order valence-corrected chi connectivity index (χ0v) is 11.8. The van der Waals surface area contributed by atoms with Gasteiger partial charge in [-0.1, -0.05) is 30.5 Å². The second-order valence-corrected chi connectivity index (χ2v) is 5.86. The summed E-state index contributed by atoms with van der Waals surface area (Å²) < 4.78 is 0. The minimum Gasteiger partial charge on any atom is -0.383 e. The number of hydrogen-bond acceptors (Lipinski definition) is 3. The molecule has 2 atom stereocenters. The van der Waals surface area contributed by atoms with Gasteiger partial charge in [0.25, 0.3) is 0 Å². The number of pyridine rings is 1. The van der Waals surface area contributed by atoms with Gasteiger partial charge in [-0.15, -0.1) is 0 Å². The smallest absolute Gasteiger partial charge is 0.129 e. The highest BCUT2D eigenvalue weighted by Gasteiger charge is 2.41. The summed E-state index contributed by atoms with van der Waals surface area (Å²) in [6, 6.07) is 5.50. The van der Waals surface area contributed by atoms with Crippen LogP contribution in [0, 0.1) is 5.92 Å². The fourth-order valence-corrected chi connectivity index (χ4v) is 3.06. The molecule has 1 aromatic heterocycles. The normalized spacial score (nSPS) is 28.6. The largest absolute Gasteiger partial charge is 0.383 e. The number of halogens is 1. The van der Waals surface area contributed by atoms with Gasteiger partial charge in [-0.05, 0) is 39.1 Å². The minimum atomic E-state index is -0.826. The number of rotatable bonds is 3. The van der Waals surface area contributed by atoms with Gasteiger partial charge in [0.2, 0.25) is 0 Å². The molecule has 1 aromatic rings. The maximum atomic E-state index is 11.0. The molecule has 2 rings (SSSR count). The molecule has 0 bridgehead atoms. The van der Waals surface area contributed by atoms with Crippen LogP contribution in [0.1, 0.15) is 31.4 Å². The van der Waals surface area contributed by atoms with Gasteiger partial charge in [-0.3, -0.25) is 0 Å². The Morgan fingerprint density at radius 3 is 2.89 bits per heavy atom. The molecule has 1 N–H and O–H groups in total. The van der Waals surface area contributed by atoms with Crippen LogP contribution in [0.15, 0.2) is 18.2 Å². The Labute approximate surface area is 114 Å². The number of aromatic nitrogens is 1. The lowest BCUT2D eigenvalue weighted by molar-refractivity contribution is -0.0652. The highest BCUT2D eigenvalue weighted by molar-refractivity contribution is 6.29. The van der Waals surface area contributed by atoms with Crippen molar-refractivity contribution >= 4 is 11.6 Å². The van der Waals surface area contributed by atoms with E-state index in [1.165, 1.54) is 6.42 Å². The fourth-order valence-electron chi connectivity index (χ4n) is 2.90. The molecule has 0 aliphatic heterocycles. The maximum absolute atomic E-state index is 11.0. The summed E-state index contributed by atoms with van der Waals surface area (Å²) in [7, 11) is 4.08. The predicted molar refractivity (Wildman–Crippen MR) is 73.7 cm³/mol. The molecule has 0 amide bonds. The lowest BCUT2D eigenvalue weighted by Crippen LogP contribution is -2.43. The monoisotopic (exact) mass is 268 g/mol. The van der Waals surface area contributed by atoms with Crippen LogP contribution in [0.2, 0.25) is 5.15 Å². The molecule has 100 valence electrons. The van der Waals surface area contributed by atoms with E-state index in [2.05, 4.69) is 9.88 Å². The summed E-state index contributed by atoms with van der Waals surface area (Å²) in [5, 5.41) is 11.5. The van der Waals surface area contributed by atoms with Gasteiger partial charge in [-0.2, -0.15) is 0 Å². The quantitative estimate of drug-likeness (QED) is 0.857. The first-order chi connectivity index (χ1) is 8.52. The first kappa shape index (κ1) is 13.8. The number of hydrogen-bond donors (Lipinski definition) is 1. The Morgan fingerprint density at radius 2 is 2.22 bits per heavy atom. The lowest BCUT2D eigenvalue weighted by Gasteiger charge is -2.40. The molecule has 0 spiro atoms. The van der Waals surface area contributed by atoms with E-state index < -0.39 is 5.60 Å². The van der Waals surface area contributed by atoms with E-state index >= 15 is 0 Å². The van der Waals surface area contributed by atoms with Gasteiger partial charge in [0.15, 0.2) is 0 Å². The lowest BCUT2D eigenvalue weighted by atomic mass is 9.73. The number of aliphatic hydroxyl groups is 1. The van der Waals surface area contributed by atoms with Crippen molar-refractivity contribution in [3.63, 3.8) is 0 Å². The molecule has 3 nitrogen and oxygen atoms in total. The summed E-state index contributed by atoms with van der Waals surface area (Å²) in [6.45, 7) is 0.880. The Balaban J connectivity index is 2.29.